The Balaban J connectivity index is 1.42. The number of hydrogen-bond acceptors (Lipinski definition) is 17. The van der Waals surface area contributed by atoms with Crippen molar-refractivity contribution in [3.8, 4) is 0 Å². The van der Waals surface area contributed by atoms with Gasteiger partial charge in [0.2, 0.25) is 23.6 Å². The molecule has 0 bridgehead atoms. The van der Waals surface area contributed by atoms with Crippen molar-refractivity contribution in [2.24, 2.45) is 11.7 Å². The van der Waals surface area contributed by atoms with Gasteiger partial charge in [-0.05, 0) is 36.5 Å². The molecule has 2 atom stereocenters. The number of urea groups is 1. The van der Waals surface area contributed by atoms with Gasteiger partial charge in [0.05, 0.1) is 106 Å². The second-order valence-corrected chi connectivity index (χ2v) is 15.4. The number of amides is 8. The Hall–Kier alpha value is -5.80. The standard InChI is InChI=1S/C45H71N7O18/c1-33(2)41(43(58)50-36(4-3-13-48-44(46)59)42(57)49-35-7-5-34(6-8-35)32-70-45(60)61)51-38(54)12-16-62-18-20-64-22-24-66-26-28-68-30-31-69-29-27-67-25-23-65-21-19-63-17-14-47-37(53)11-15-52-39(55)9-10-40(52)56/h5-10,33,36,41H,3-4,11-32H2,1-2H3,(H,47,53)(H,49,57)(H,50,58)(H,51,54)(H,60,61)(H3,46,48,59). The third kappa shape index (κ3) is 29.9. The fourth-order valence-electron chi connectivity index (χ4n) is 5.91. The van der Waals surface area contributed by atoms with Crippen LogP contribution in [0.25, 0.3) is 0 Å². The Morgan fingerprint density at radius 3 is 1.56 bits per heavy atom. The number of ether oxygens (including phenoxy) is 9. The Morgan fingerprint density at radius 2 is 1.09 bits per heavy atom. The van der Waals surface area contributed by atoms with Gasteiger partial charge in [-0.1, -0.05) is 26.0 Å². The normalized spacial score (nSPS) is 13.0. The van der Waals surface area contributed by atoms with Crippen LogP contribution in [0.1, 0.15) is 45.1 Å². The highest BCUT2D eigenvalue weighted by atomic mass is 16.7. The number of carbonyl (C=O) groups excluding carboxylic acids is 7. The van der Waals surface area contributed by atoms with Gasteiger partial charge < -0.3 is 80.1 Å². The molecule has 394 valence electrons. The van der Waals surface area contributed by atoms with Gasteiger partial charge in [-0.15, -0.1) is 0 Å². The summed E-state index contributed by atoms with van der Waals surface area (Å²) >= 11 is 0. The van der Waals surface area contributed by atoms with Crippen LogP contribution in [0, 0.1) is 5.92 Å². The van der Waals surface area contributed by atoms with E-state index in [1.54, 1.807) is 38.1 Å². The fourth-order valence-corrected chi connectivity index (χ4v) is 5.91. The first-order valence-corrected chi connectivity index (χ1v) is 23.1. The van der Waals surface area contributed by atoms with Gasteiger partial charge in [0, 0.05) is 50.3 Å². The lowest BCUT2D eigenvalue weighted by molar-refractivity contribution is -0.137. The van der Waals surface area contributed by atoms with Crippen LogP contribution in [0.5, 0.6) is 0 Å². The van der Waals surface area contributed by atoms with E-state index in [0.29, 0.717) is 110 Å². The Kier molecular flexibility index (Phi) is 32.8. The number of nitrogens with two attached hydrogens (primary N) is 1. The SMILES string of the molecule is CC(C)C(NC(=O)CCOCCOCCOCCOCCOCCOCCOCCOCCNC(=O)CCN1C(=O)C=CC1=O)C(=O)NC(CCCNC(N)=O)C(=O)Nc1ccc(COC(=O)O)cc1. The summed E-state index contributed by atoms with van der Waals surface area (Å²) in [5, 5.41) is 22.0. The van der Waals surface area contributed by atoms with E-state index in [-0.39, 0.29) is 70.6 Å². The summed E-state index contributed by atoms with van der Waals surface area (Å²) in [4.78, 5) is 97.0. The van der Waals surface area contributed by atoms with Crippen LogP contribution >= 0.6 is 0 Å². The highest BCUT2D eigenvalue weighted by Gasteiger charge is 2.29. The number of rotatable bonds is 42. The molecule has 0 radical (unpaired) electrons. The number of anilines is 1. The number of carbonyl (C=O) groups is 8. The third-order valence-corrected chi connectivity index (χ3v) is 9.56. The molecule has 0 aromatic heterocycles. The van der Waals surface area contributed by atoms with E-state index in [0.717, 1.165) is 4.90 Å². The Morgan fingerprint density at radius 1 is 0.600 bits per heavy atom. The summed E-state index contributed by atoms with van der Waals surface area (Å²) in [6.07, 6.45) is 1.39. The van der Waals surface area contributed by atoms with Crippen LogP contribution in [0.3, 0.4) is 0 Å². The van der Waals surface area contributed by atoms with Crippen molar-refractivity contribution in [3.05, 3.63) is 42.0 Å². The van der Waals surface area contributed by atoms with E-state index in [1.165, 1.54) is 12.2 Å². The van der Waals surface area contributed by atoms with Crippen molar-refractivity contribution >= 4 is 53.3 Å². The first-order valence-electron chi connectivity index (χ1n) is 23.1. The number of imide groups is 1. The first kappa shape index (κ1) is 60.3. The largest absolute Gasteiger partial charge is 0.506 e. The molecule has 0 spiro atoms. The summed E-state index contributed by atoms with van der Waals surface area (Å²) in [5.41, 5.74) is 6.09. The van der Waals surface area contributed by atoms with E-state index in [2.05, 4.69) is 31.3 Å². The van der Waals surface area contributed by atoms with Gasteiger partial charge in [-0.2, -0.15) is 0 Å². The molecule has 25 heteroatoms. The van der Waals surface area contributed by atoms with E-state index in [4.69, 9.17) is 48.7 Å². The van der Waals surface area contributed by atoms with Gasteiger partial charge in [-0.3, -0.25) is 33.7 Å². The zero-order valence-electron chi connectivity index (χ0n) is 40.1. The van der Waals surface area contributed by atoms with E-state index in [9.17, 15) is 38.4 Å². The molecule has 1 heterocycles. The molecule has 25 nitrogen and oxygen atoms in total. The number of nitrogens with one attached hydrogen (secondary N) is 5. The first-order chi connectivity index (χ1) is 33.8. The van der Waals surface area contributed by atoms with Gasteiger partial charge in [-0.25, -0.2) is 9.59 Å². The lowest BCUT2D eigenvalue weighted by Gasteiger charge is -2.25. The lowest BCUT2D eigenvalue weighted by Crippen LogP contribution is -2.54. The fraction of sp³-hybridized carbons (Fsp3) is 0.644. The van der Waals surface area contributed by atoms with Crippen LogP contribution in [-0.2, 0) is 78.0 Å². The lowest BCUT2D eigenvalue weighted by atomic mass is 10.0. The predicted octanol–water partition coefficient (Wildman–Crippen LogP) is -0.152. The van der Waals surface area contributed by atoms with Crippen molar-refractivity contribution in [1.82, 2.24) is 26.2 Å². The topological polar surface area (TPSA) is 329 Å². The van der Waals surface area contributed by atoms with Crippen LogP contribution in [-0.4, -0.2) is 195 Å². The predicted molar refractivity (Wildman–Crippen MR) is 248 cm³/mol. The zero-order valence-corrected chi connectivity index (χ0v) is 40.1. The van der Waals surface area contributed by atoms with E-state index in [1.807, 2.05) is 0 Å². The smallest absolute Gasteiger partial charge is 0.450 e. The maximum Gasteiger partial charge on any atom is 0.506 e. The molecule has 0 saturated heterocycles. The number of nitrogens with zero attached hydrogens (tertiary/aromatic N) is 1. The molecule has 8 N–H and O–H groups in total. The van der Waals surface area contributed by atoms with Gasteiger partial charge in [0.15, 0.2) is 0 Å². The van der Waals surface area contributed by atoms with Crippen molar-refractivity contribution in [3.63, 3.8) is 0 Å². The minimum Gasteiger partial charge on any atom is -0.450 e. The molecule has 1 aromatic carbocycles. The van der Waals surface area contributed by atoms with Gasteiger partial charge >= 0.3 is 12.2 Å². The van der Waals surface area contributed by atoms with Crippen molar-refractivity contribution in [2.45, 2.75) is 58.2 Å². The Labute approximate surface area is 407 Å². The van der Waals surface area contributed by atoms with Gasteiger partial charge in [0.1, 0.15) is 18.7 Å². The van der Waals surface area contributed by atoms with Crippen molar-refractivity contribution in [2.75, 3.05) is 131 Å². The van der Waals surface area contributed by atoms with E-state index < -0.39 is 53.8 Å². The third-order valence-electron chi connectivity index (χ3n) is 9.56. The summed E-state index contributed by atoms with van der Waals surface area (Å²) in [5.74, 6) is -2.98. The van der Waals surface area contributed by atoms with E-state index >= 15 is 0 Å². The average molecular weight is 998 g/mol. The van der Waals surface area contributed by atoms with Crippen LogP contribution in [0.2, 0.25) is 0 Å². The van der Waals surface area contributed by atoms with Crippen LogP contribution in [0.15, 0.2) is 36.4 Å². The molecule has 0 saturated carbocycles. The number of benzene rings is 1. The van der Waals surface area contributed by atoms with Crippen LogP contribution < -0.4 is 32.3 Å². The van der Waals surface area contributed by atoms with Crippen molar-refractivity contribution in [1.29, 1.82) is 0 Å². The van der Waals surface area contributed by atoms with Crippen molar-refractivity contribution < 1.29 is 86.1 Å². The molecule has 2 unspecified atom stereocenters. The summed E-state index contributed by atoms with van der Waals surface area (Å²) < 4.78 is 48.3. The molecule has 1 aliphatic rings. The molecular weight excluding hydrogens is 927 g/mol. The summed E-state index contributed by atoms with van der Waals surface area (Å²) in [7, 11) is 0. The number of carboxylic acid groups (broad SMARTS) is 1. The molecule has 0 aliphatic carbocycles. The second-order valence-electron chi connectivity index (χ2n) is 15.4. The second kappa shape index (κ2) is 38.0. The molecule has 8 amide bonds. The van der Waals surface area contributed by atoms with Gasteiger partial charge in [0.25, 0.3) is 11.8 Å². The molecule has 1 aromatic rings. The molecule has 2 rings (SSSR count). The maximum absolute atomic E-state index is 13.4. The molecule has 70 heavy (non-hydrogen) atoms. The summed E-state index contributed by atoms with van der Waals surface area (Å²) in [6.45, 7) is 9.36. The molecule has 1 aliphatic heterocycles. The zero-order chi connectivity index (χ0) is 51.2. The summed E-state index contributed by atoms with van der Waals surface area (Å²) in [6, 6.07) is 3.55. The monoisotopic (exact) mass is 997 g/mol. The minimum absolute atomic E-state index is 0.0194. The Bertz CT molecular complexity index is 1740. The van der Waals surface area contributed by atoms with Crippen LogP contribution in [0.4, 0.5) is 15.3 Å². The highest BCUT2D eigenvalue weighted by Crippen LogP contribution is 2.13. The molecular formula is C45H71N7O18. The number of hydrogen-bond donors (Lipinski definition) is 7. The number of primary amides is 1. The quantitative estimate of drug-likeness (QED) is 0.0254. The highest BCUT2D eigenvalue weighted by molar-refractivity contribution is 6.13. The minimum atomic E-state index is -1.42. The molecule has 0 fully saturated rings. The average Bonchev–Trinajstić information content (AvgIpc) is 3.65. The maximum atomic E-state index is 13.4.